The van der Waals surface area contributed by atoms with Crippen LogP contribution in [-0.2, 0) is 6.18 Å². The molecule has 29 heavy (non-hydrogen) atoms. The zero-order valence-corrected chi connectivity index (χ0v) is 15.0. The van der Waals surface area contributed by atoms with Crippen LogP contribution >= 0.6 is 11.6 Å². The number of carbonyl (C=O) groups is 1. The third kappa shape index (κ3) is 4.83. The van der Waals surface area contributed by atoms with Crippen LogP contribution in [0, 0.1) is 0 Å². The predicted molar refractivity (Wildman–Crippen MR) is 94.6 cm³/mol. The van der Waals surface area contributed by atoms with E-state index in [0.29, 0.717) is 9.70 Å². The molecule has 152 valence electrons. The summed E-state index contributed by atoms with van der Waals surface area (Å²) in [6.45, 7) is -3.02. The molecule has 3 rings (SSSR count). The van der Waals surface area contributed by atoms with E-state index >= 15 is 0 Å². The standard InChI is InChI=1S/C18H11ClF5N3O2/c19-10-1-5-12(6-2-10)27-15(18(22,23)24)14(9-25-27)16(28)26-11-3-7-13(8-4-11)29-17(20)21/h1-9,17H,(H,26,28). The molecule has 0 saturated heterocycles. The Morgan fingerprint density at radius 1 is 1.07 bits per heavy atom. The Labute approximate surface area is 165 Å². The Morgan fingerprint density at radius 3 is 2.24 bits per heavy atom. The van der Waals surface area contributed by atoms with Gasteiger partial charge in [-0.15, -0.1) is 0 Å². The Hall–Kier alpha value is -3.14. The number of rotatable bonds is 5. The lowest BCUT2D eigenvalue weighted by molar-refractivity contribution is -0.143. The number of benzene rings is 2. The van der Waals surface area contributed by atoms with Crippen molar-refractivity contribution in [3.63, 3.8) is 0 Å². The average molecular weight is 432 g/mol. The third-order valence-electron chi connectivity index (χ3n) is 3.69. The van der Waals surface area contributed by atoms with Gasteiger partial charge in [0, 0.05) is 10.7 Å². The first-order valence-electron chi connectivity index (χ1n) is 7.92. The number of alkyl halides is 5. The Balaban J connectivity index is 1.90. The van der Waals surface area contributed by atoms with E-state index in [-0.39, 0.29) is 17.1 Å². The van der Waals surface area contributed by atoms with Crippen molar-refractivity contribution in [2.75, 3.05) is 5.32 Å². The van der Waals surface area contributed by atoms with Gasteiger partial charge in [0.05, 0.1) is 17.4 Å². The van der Waals surface area contributed by atoms with Crippen LogP contribution in [0.2, 0.25) is 5.02 Å². The summed E-state index contributed by atoms with van der Waals surface area (Å²) in [4.78, 5) is 12.4. The lowest BCUT2D eigenvalue weighted by Crippen LogP contribution is -2.20. The van der Waals surface area contributed by atoms with Gasteiger partial charge in [0.25, 0.3) is 5.91 Å². The number of anilines is 1. The molecule has 5 nitrogen and oxygen atoms in total. The van der Waals surface area contributed by atoms with Crippen molar-refractivity contribution in [3.8, 4) is 11.4 Å². The summed E-state index contributed by atoms with van der Waals surface area (Å²) in [5, 5.41) is 6.28. The maximum Gasteiger partial charge on any atom is 0.434 e. The van der Waals surface area contributed by atoms with E-state index in [1.54, 1.807) is 0 Å². The number of hydrogen-bond acceptors (Lipinski definition) is 3. The molecule has 1 N–H and O–H groups in total. The van der Waals surface area contributed by atoms with E-state index in [2.05, 4.69) is 15.2 Å². The molecule has 0 aliphatic rings. The molecule has 1 aromatic heterocycles. The van der Waals surface area contributed by atoms with Gasteiger partial charge in [-0.3, -0.25) is 4.79 Å². The summed E-state index contributed by atoms with van der Waals surface area (Å²) in [5.74, 6) is -1.23. The second-order valence-corrected chi connectivity index (χ2v) is 6.09. The summed E-state index contributed by atoms with van der Waals surface area (Å²) >= 11 is 5.75. The van der Waals surface area contributed by atoms with E-state index < -0.39 is 30.0 Å². The van der Waals surface area contributed by atoms with Crippen LogP contribution in [-0.4, -0.2) is 22.3 Å². The Kier molecular flexibility index (Phi) is 5.73. The van der Waals surface area contributed by atoms with Gasteiger partial charge in [-0.1, -0.05) is 11.6 Å². The first-order valence-corrected chi connectivity index (χ1v) is 8.30. The number of hydrogen-bond donors (Lipinski definition) is 1. The lowest BCUT2D eigenvalue weighted by Gasteiger charge is -2.13. The van der Waals surface area contributed by atoms with Gasteiger partial charge in [-0.25, -0.2) is 4.68 Å². The molecule has 0 unspecified atom stereocenters. The van der Waals surface area contributed by atoms with E-state index in [0.717, 1.165) is 18.3 Å². The van der Waals surface area contributed by atoms with Crippen LogP contribution in [0.3, 0.4) is 0 Å². The Morgan fingerprint density at radius 2 is 1.69 bits per heavy atom. The van der Waals surface area contributed by atoms with Gasteiger partial charge in [0.15, 0.2) is 5.69 Å². The largest absolute Gasteiger partial charge is 0.435 e. The van der Waals surface area contributed by atoms with Crippen molar-refractivity contribution in [1.29, 1.82) is 0 Å². The molecular formula is C18H11ClF5N3O2. The summed E-state index contributed by atoms with van der Waals surface area (Å²) in [6, 6.07) is 10.1. The van der Waals surface area contributed by atoms with E-state index in [4.69, 9.17) is 11.6 Å². The van der Waals surface area contributed by atoms with Crippen molar-refractivity contribution in [1.82, 2.24) is 9.78 Å². The molecule has 0 spiro atoms. The topological polar surface area (TPSA) is 56.1 Å². The molecule has 0 fully saturated rings. The Bertz CT molecular complexity index is 1000. The van der Waals surface area contributed by atoms with Crippen molar-refractivity contribution < 1.29 is 31.5 Å². The summed E-state index contributed by atoms with van der Waals surface area (Å²) < 4.78 is 69.9. The molecule has 11 heteroatoms. The van der Waals surface area contributed by atoms with Crippen molar-refractivity contribution in [2.45, 2.75) is 12.8 Å². The minimum Gasteiger partial charge on any atom is -0.435 e. The number of aromatic nitrogens is 2. The lowest BCUT2D eigenvalue weighted by atomic mass is 10.2. The zero-order chi connectivity index (χ0) is 21.2. The van der Waals surface area contributed by atoms with Crippen LogP contribution in [0.1, 0.15) is 16.1 Å². The van der Waals surface area contributed by atoms with Gasteiger partial charge >= 0.3 is 12.8 Å². The molecule has 0 saturated carbocycles. The summed E-state index contributed by atoms with van der Waals surface area (Å²) in [7, 11) is 0. The minimum absolute atomic E-state index is 0.0641. The number of amides is 1. The molecule has 0 radical (unpaired) electrons. The van der Waals surface area contributed by atoms with Crippen LogP contribution in [0.25, 0.3) is 5.69 Å². The maximum atomic E-state index is 13.6. The number of ether oxygens (including phenoxy) is 1. The van der Waals surface area contributed by atoms with E-state index in [1.165, 1.54) is 36.4 Å². The fourth-order valence-electron chi connectivity index (χ4n) is 2.48. The average Bonchev–Trinajstić information content (AvgIpc) is 3.09. The second-order valence-electron chi connectivity index (χ2n) is 5.65. The number of nitrogens with one attached hydrogen (secondary N) is 1. The highest BCUT2D eigenvalue weighted by Gasteiger charge is 2.40. The molecule has 1 heterocycles. The van der Waals surface area contributed by atoms with Crippen LogP contribution < -0.4 is 10.1 Å². The summed E-state index contributed by atoms with van der Waals surface area (Å²) in [6.07, 6.45) is -4.08. The summed E-state index contributed by atoms with van der Waals surface area (Å²) in [5.41, 5.74) is -1.83. The number of carbonyl (C=O) groups excluding carboxylic acids is 1. The van der Waals surface area contributed by atoms with E-state index in [9.17, 15) is 26.7 Å². The maximum absolute atomic E-state index is 13.6. The third-order valence-corrected chi connectivity index (χ3v) is 3.94. The zero-order valence-electron chi connectivity index (χ0n) is 14.3. The molecule has 1 amide bonds. The van der Waals surface area contributed by atoms with Crippen molar-refractivity contribution in [3.05, 3.63) is 71.0 Å². The van der Waals surface area contributed by atoms with Crippen LogP contribution in [0.4, 0.5) is 27.6 Å². The van der Waals surface area contributed by atoms with Crippen molar-refractivity contribution >= 4 is 23.2 Å². The molecule has 0 atom stereocenters. The number of nitrogens with zero attached hydrogens (tertiary/aromatic N) is 2. The highest BCUT2D eigenvalue weighted by Crippen LogP contribution is 2.34. The quantitative estimate of drug-likeness (QED) is 0.550. The minimum atomic E-state index is -4.88. The fourth-order valence-corrected chi connectivity index (χ4v) is 2.61. The van der Waals surface area contributed by atoms with Crippen LogP contribution in [0.5, 0.6) is 5.75 Å². The van der Waals surface area contributed by atoms with Crippen LogP contribution in [0.15, 0.2) is 54.7 Å². The van der Waals surface area contributed by atoms with Gasteiger partial charge in [0.1, 0.15) is 5.75 Å². The first-order chi connectivity index (χ1) is 13.6. The highest BCUT2D eigenvalue weighted by atomic mass is 35.5. The molecule has 2 aromatic carbocycles. The van der Waals surface area contributed by atoms with Gasteiger partial charge in [-0.05, 0) is 48.5 Å². The van der Waals surface area contributed by atoms with Gasteiger partial charge < -0.3 is 10.1 Å². The highest BCUT2D eigenvalue weighted by molar-refractivity contribution is 6.30. The van der Waals surface area contributed by atoms with Gasteiger partial charge in [-0.2, -0.15) is 27.1 Å². The monoisotopic (exact) mass is 431 g/mol. The number of halogens is 6. The fraction of sp³-hybridized carbons (Fsp3) is 0.111. The molecule has 0 aliphatic carbocycles. The van der Waals surface area contributed by atoms with E-state index in [1.807, 2.05) is 0 Å². The molecular weight excluding hydrogens is 421 g/mol. The first kappa shape index (κ1) is 20.6. The predicted octanol–water partition coefficient (Wildman–Crippen LogP) is 5.40. The normalized spacial score (nSPS) is 11.6. The SMILES string of the molecule is O=C(Nc1ccc(OC(F)F)cc1)c1cnn(-c2ccc(Cl)cc2)c1C(F)(F)F. The molecule has 0 bridgehead atoms. The molecule has 0 aliphatic heterocycles. The smallest absolute Gasteiger partial charge is 0.434 e. The molecule has 3 aromatic rings. The second kappa shape index (κ2) is 8.08. The van der Waals surface area contributed by atoms with Gasteiger partial charge in [0.2, 0.25) is 0 Å². The van der Waals surface area contributed by atoms with Crippen molar-refractivity contribution in [2.24, 2.45) is 0 Å².